The van der Waals surface area contributed by atoms with E-state index >= 15 is 0 Å². The number of hydrogen-bond donors (Lipinski definition) is 1. The first kappa shape index (κ1) is 9.55. The number of H-pyrrole nitrogens is 1. The summed E-state index contributed by atoms with van der Waals surface area (Å²) in [5, 5.41) is 0.630. The lowest BCUT2D eigenvalue weighted by atomic mass is 10.2. The first-order chi connectivity index (χ1) is 6.48. The van der Waals surface area contributed by atoms with Crippen molar-refractivity contribution in [2.75, 3.05) is 0 Å². The number of hydrogen-bond acceptors (Lipinski definition) is 2. The minimum absolute atomic E-state index is 0.133. The molecule has 0 aliphatic carbocycles. The molecule has 5 heteroatoms. The third kappa shape index (κ3) is 1.51. The molecule has 1 aromatic heterocycles. The maximum Gasteiger partial charge on any atom is 0.263 e. The van der Waals surface area contributed by atoms with Crippen molar-refractivity contribution < 1.29 is 8.42 Å². The maximum atomic E-state index is 11.1. The second-order valence-electron chi connectivity index (χ2n) is 3.14. The van der Waals surface area contributed by atoms with Gasteiger partial charge in [-0.2, -0.15) is 0 Å². The number of rotatable bonds is 1. The van der Waals surface area contributed by atoms with Gasteiger partial charge in [-0.1, -0.05) is 12.1 Å². The number of benzene rings is 1. The van der Waals surface area contributed by atoms with Crippen molar-refractivity contribution >= 4 is 30.6 Å². The molecular weight excluding hydrogens is 222 g/mol. The van der Waals surface area contributed by atoms with Gasteiger partial charge in [-0.15, -0.1) is 0 Å². The fraction of sp³-hybridized carbons (Fsp3) is 0.111. The number of fused-ring (bicyclic) bond motifs is 1. The third-order valence-corrected chi connectivity index (χ3v) is 3.42. The van der Waals surface area contributed by atoms with E-state index in [2.05, 4.69) is 4.98 Å². The number of aromatic nitrogens is 1. The Morgan fingerprint density at radius 3 is 2.71 bits per heavy atom. The van der Waals surface area contributed by atoms with Gasteiger partial charge in [0.25, 0.3) is 9.05 Å². The molecule has 74 valence electrons. The lowest BCUT2D eigenvalue weighted by Gasteiger charge is -1.94. The smallest absolute Gasteiger partial charge is 0.263 e. The molecule has 0 radical (unpaired) electrons. The van der Waals surface area contributed by atoms with Crippen molar-refractivity contribution in [3.8, 4) is 0 Å². The summed E-state index contributed by atoms with van der Waals surface area (Å²) in [4.78, 5) is 3.01. The van der Waals surface area contributed by atoms with Gasteiger partial charge in [0.1, 0.15) is 4.90 Å². The Balaban J connectivity index is 2.83. The van der Waals surface area contributed by atoms with Gasteiger partial charge in [-0.25, -0.2) is 8.42 Å². The van der Waals surface area contributed by atoms with Gasteiger partial charge in [0.2, 0.25) is 0 Å². The minimum Gasteiger partial charge on any atom is -0.360 e. The van der Waals surface area contributed by atoms with Crippen LogP contribution >= 0.6 is 10.7 Å². The van der Waals surface area contributed by atoms with Crippen LogP contribution in [0.2, 0.25) is 0 Å². The predicted molar refractivity (Wildman–Crippen MR) is 56.1 cm³/mol. The molecule has 1 heterocycles. The molecule has 0 atom stereocenters. The molecule has 0 saturated heterocycles. The van der Waals surface area contributed by atoms with Crippen LogP contribution in [-0.4, -0.2) is 13.4 Å². The Kier molecular flexibility index (Phi) is 2.05. The SMILES string of the molecule is Cc1ccc2c(S(=O)(=O)Cl)c[nH]c2c1. The molecule has 0 spiro atoms. The van der Waals surface area contributed by atoms with Crippen molar-refractivity contribution in [3.05, 3.63) is 30.0 Å². The number of aryl methyl sites for hydroxylation is 1. The van der Waals surface area contributed by atoms with E-state index in [4.69, 9.17) is 10.7 Å². The molecule has 0 aliphatic rings. The third-order valence-electron chi connectivity index (χ3n) is 2.06. The molecular formula is C9H8ClNO2S. The average molecular weight is 230 g/mol. The van der Waals surface area contributed by atoms with Crippen LogP contribution in [0.4, 0.5) is 0 Å². The van der Waals surface area contributed by atoms with Crippen LogP contribution in [0.5, 0.6) is 0 Å². The van der Waals surface area contributed by atoms with E-state index in [1.54, 1.807) is 6.07 Å². The second kappa shape index (κ2) is 3.00. The van der Waals surface area contributed by atoms with Crippen molar-refractivity contribution in [2.45, 2.75) is 11.8 Å². The summed E-state index contributed by atoms with van der Waals surface area (Å²) in [6.07, 6.45) is 1.41. The summed E-state index contributed by atoms with van der Waals surface area (Å²) >= 11 is 0. The highest BCUT2D eigenvalue weighted by Gasteiger charge is 2.15. The molecule has 1 aromatic carbocycles. The second-order valence-corrected chi connectivity index (χ2v) is 5.67. The summed E-state index contributed by atoms with van der Waals surface area (Å²) < 4.78 is 22.3. The van der Waals surface area contributed by atoms with Crippen LogP contribution in [0, 0.1) is 6.92 Å². The summed E-state index contributed by atoms with van der Waals surface area (Å²) in [6.45, 7) is 1.94. The first-order valence-corrected chi connectivity index (χ1v) is 6.32. The minimum atomic E-state index is -3.66. The summed E-state index contributed by atoms with van der Waals surface area (Å²) in [5.74, 6) is 0. The first-order valence-electron chi connectivity index (χ1n) is 4.01. The molecule has 0 bridgehead atoms. The number of nitrogens with one attached hydrogen (secondary N) is 1. The van der Waals surface area contributed by atoms with Gasteiger partial charge >= 0.3 is 0 Å². The molecule has 3 nitrogen and oxygen atoms in total. The summed E-state index contributed by atoms with van der Waals surface area (Å²) in [6, 6.07) is 5.47. The zero-order chi connectivity index (χ0) is 10.3. The van der Waals surface area contributed by atoms with Crippen LogP contribution in [0.1, 0.15) is 5.56 Å². The van der Waals surface area contributed by atoms with E-state index < -0.39 is 9.05 Å². The molecule has 0 fully saturated rings. The van der Waals surface area contributed by atoms with Crippen LogP contribution in [0.15, 0.2) is 29.3 Å². The Morgan fingerprint density at radius 1 is 1.36 bits per heavy atom. The van der Waals surface area contributed by atoms with Crippen LogP contribution in [0.25, 0.3) is 10.9 Å². The molecule has 0 unspecified atom stereocenters. The Bertz CT molecular complexity index is 586. The molecule has 0 aliphatic heterocycles. The summed E-state index contributed by atoms with van der Waals surface area (Å²) in [5.41, 5.74) is 1.85. The zero-order valence-electron chi connectivity index (χ0n) is 7.41. The molecule has 0 saturated carbocycles. The van der Waals surface area contributed by atoms with Gasteiger partial charge in [0, 0.05) is 27.8 Å². The van der Waals surface area contributed by atoms with Gasteiger partial charge in [0.15, 0.2) is 0 Å². The fourth-order valence-electron chi connectivity index (χ4n) is 1.42. The van der Waals surface area contributed by atoms with Gasteiger partial charge in [-0.05, 0) is 18.6 Å². The molecule has 2 aromatic rings. The predicted octanol–water partition coefficient (Wildman–Crippen LogP) is 2.40. The highest BCUT2D eigenvalue weighted by Crippen LogP contribution is 2.25. The molecule has 2 rings (SSSR count). The van der Waals surface area contributed by atoms with E-state index in [1.165, 1.54) is 6.20 Å². The highest BCUT2D eigenvalue weighted by molar-refractivity contribution is 8.14. The number of halogens is 1. The van der Waals surface area contributed by atoms with Gasteiger partial charge < -0.3 is 4.98 Å². The lowest BCUT2D eigenvalue weighted by Crippen LogP contribution is -1.87. The Labute approximate surface area is 86.1 Å². The van der Waals surface area contributed by atoms with Crippen molar-refractivity contribution in [3.63, 3.8) is 0 Å². The molecule has 1 N–H and O–H groups in total. The van der Waals surface area contributed by atoms with Crippen LogP contribution < -0.4 is 0 Å². The van der Waals surface area contributed by atoms with Crippen molar-refractivity contribution in [1.82, 2.24) is 4.98 Å². The molecule has 0 amide bonds. The van der Waals surface area contributed by atoms with E-state index in [0.717, 1.165) is 11.1 Å². The Hall–Kier alpha value is -1.00. The highest BCUT2D eigenvalue weighted by atomic mass is 35.7. The normalized spacial score (nSPS) is 12.1. The largest absolute Gasteiger partial charge is 0.360 e. The summed E-state index contributed by atoms with van der Waals surface area (Å²) in [7, 11) is 1.61. The molecule has 14 heavy (non-hydrogen) atoms. The van der Waals surface area contributed by atoms with Crippen LogP contribution in [0.3, 0.4) is 0 Å². The Morgan fingerprint density at radius 2 is 2.07 bits per heavy atom. The van der Waals surface area contributed by atoms with Gasteiger partial charge in [-0.3, -0.25) is 0 Å². The number of aromatic amines is 1. The monoisotopic (exact) mass is 229 g/mol. The quantitative estimate of drug-likeness (QED) is 0.764. The van der Waals surface area contributed by atoms with E-state index in [0.29, 0.717) is 5.39 Å². The average Bonchev–Trinajstić information content (AvgIpc) is 2.45. The van der Waals surface area contributed by atoms with Crippen LogP contribution in [-0.2, 0) is 9.05 Å². The zero-order valence-corrected chi connectivity index (χ0v) is 8.98. The van der Waals surface area contributed by atoms with E-state index in [-0.39, 0.29) is 4.90 Å². The standard InChI is InChI=1S/C9H8ClNO2S/c1-6-2-3-7-8(4-6)11-5-9(7)14(10,12)13/h2-5,11H,1H3. The fourth-order valence-corrected chi connectivity index (χ4v) is 2.44. The van der Waals surface area contributed by atoms with E-state index in [1.807, 2.05) is 19.1 Å². The van der Waals surface area contributed by atoms with E-state index in [9.17, 15) is 8.42 Å². The maximum absolute atomic E-state index is 11.1. The lowest BCUT2D eigenvalue weighted by molar-refractivity contribution is 0.610. The van der Waals surface area contributed by atoms with Crippen molar-refractivity contribution in [1.29, 1.82) is 0 Å². The van der Waals surface area contributed by atoms with Gasteiger partial charge in [0.05, 0.1) is 0 Å². The van der Waals surface area contributed by atoms with Crippen molar-refractivity contribution in [2.24, 2.45) is 0 Å². The topological polar surface area (TPSA) is 49.9 Å².